The molecule has 0 aliphatic heterocycles. The molecule has 0 aliphatic carbocycles. The minimum atomic E-state index is -0.652. The number of rotatable bonds is 2. The summed E-state index contributed by atoms with van der Waals surface area (Å²) in [6.45, 7) is 1.67. The van der Waals surface area contributed by atoms with Crippen LogP contribution in [0.3, 0.4) is 0 Å². The molecule has 94 valence electrons. The molecule has 0 aliphatic rings. The number of carbonyl (C=O) groups is 1. The summed E-state index contributed by atoms with van der Waals surface area (Å²) < 4.78 is 4.99. The number of ether oxygens (including phenoxy) is 1. The maximum absolute atomic E-state index is 11.2. The largest absolute Gasteiger partial charge is 0.412 e. The highest BCUT2D eigenvalue weighted by molar-refractivity contribution is 6.45. The molecular weight excluding hydrogens is 308 g/mol. The van der Waals surface area contributed by atoms with Crippen molar-refractivity contribution in [2.75, 3.05) is 7.05 Å². The Kier molecular flexibility index (Phi) is 5.20. The summed E-state index contributed by atoms with van der Waals surface area (Å²) >= 11 is 23.8. The van der Waals surface area contributed by atoms with Crippen LogP contribution in [0.25, 0.3) is 0 Å². The highest BCUT2D eigenvalue weighted by atomic mass is 35.5. The van der Waals surface area contributed by atoms with Gasteiger partial charge < -0.3 is 10.1 Å². The van der Waals surface area contributed by atoms with Crippen LogP contribution in [0.5, 0.6) is 5.75 Å². The normalized spacial score (nSPS) is 10.2. The molecule has 1 aromatic rings. The van der Waals surface area contributed by atoms with E-state index in [0.29, 0.717) is 16.1 Å². The van der Waals surface area contributed by atoms with E-state index in [0.717, 1.165) is 0 Å². The zero-order valence-corrected chi connectivity index (χ0v) is 12.1. The minimum Gasteiger partial charge on any atom is -0.408 e. The summed E-state index contributed by atoms with van der Waals surface area (Å²) in [4.78, 5) is 11.2. The van der Waals surface area contributed by atoms with Gasteiger partial charge in [0.1, 0.15) is 5.02 Å². The zero-order chi connectivity index (χ0) is 13.2. The third-order valence-corrected chi connectivity index (χ3v) is 3.78. The van der Waals surface area contributed by atoms with Gasteiger partial charge in [-0.2, -0.15) is 0 Å². The van der Waals surface area contributed by atoms with Crippen LogP contribution in [0.4, 0.5) is 4.79 Å². The topological polar surface area (TPSA) is 38.3 Å². The third-order valence-electron chi connectivity index (χ3n) is 2.12. The van der Waals surface area contributed by atoms with Crippen molar-refractivity contribution >= 4 is 52.5 Å². The Morgan fingerprint density at radius 2 is 1.82 bits per heavy atom. The number of carbonyl (C=O) groups excluding carboxylic acids is 1. The molecule has 1 aromatic carbocycles. The molecular formula is C10H9Cl4NO2. The van der Waals surface area contributed by atoms with Crippen LogP contribution in [-0.2, 0) is 5.88 Å². The highest BCUT2D eigenvalue weighted by Gasteiger charge is 2.21. The maximum Gasteiger partial charge on any atom is 0.412 e. The van der Waals surface area contributed by atoms with E-state index in [1.165, 1.54) is 7.05 Å². The van der Waals surface area contributed by atoms with Gasteiger partial charge in [0.25, 0.3) is 0 Å². The van der Waals surface area contributed by atoms with Crippen molar-refractivity contribution in [3.63, 3.8) is 0 Å². The minimum absolute atomic E-state index is 0.118. The Bertz CT molecular complexity index is 433. The van der Waals surface area contributed by atoms with E-state index in [2.05, 4.69) is 5.32 Å². The smallest absolute Gasteiger partial charge is 0.408 e. The average Bonchev–Trinajstić information content (AvgIpc) is 2.32. The first-order valence-electron chi connectivity index (χ1n) is 4.55. The third kappa shape index (κ3) is 2.91. The molecule has 1 amide bonds. The second-order valence-corrected chi connectivity index (χ2v) is 4.55. The van der Waals surface area contributed by atoms with Gasteiger partial charge in [0.2, 0.25) is 0 Å². The Labute approximate surface area is 119 Å². The first-order chi connectivity index (χ1) is 7.93. The lowest BCUT2D eigenvalue weighted by Crippen LogP contribution is -2.22. The first kappa shape index (κ1) is 14.7. The highest BCUT2D eigenvalue weighted by Crippen LogP contribution is 2.43. The predicted octanol–water partition coefficient (Wildman–Crippen LogP) is 4.41. The van der Waals surface area contributed by atoms with Gasteiger partial charge >= 0.3 is 6.09 Å². The fraction of sp³-hybridized carbons (Fsp3) is 0.300. The molecule has 0 atom stereocenters. The average molecular weight is 317 g/mol. The molecule has 0 aromatic heterocycles. The number of halogens is 4. The van der Waals surface area contributed by atoms with Crippen molar-refractivity contribution in [2.45, 2.75) is 12.8 Å². The molecule has 0 saturated carbocycles. The van der Waals surface area contributed by atoms with Crippen LogP contribution >= 0.6 is 46.4 Å². The van der Waals surface area contributed by atoms with Gasteiger partial charge in [0.05, 0.1) is 15.9 Å². The lowest BCUT2D eigenvalue weighted by molar-refractivity contribution is 0.202. The summed E-state index contributed by atoms with van der Waals surface area (Å²) in [6, 6.07) is 0. The van der Waals surface area contributed by atoms with E-state index in [1.54, 1.807) is 6.92 Å². The summed E-state index contributed by atoms with van der Waals surface area (Å²) in [6.07, 6.45) is -0.652. The van der Waals surface area contributed by atoms with Gasteiger partial charge in [-0.15, -0.1) is 11.6 Å². The standard InChI is InChI=1S/C10H9Cl4NO2/c1-4-6(12)5(3-11)7(13)8(14)9(4)17-10(16)15-2/h3H2,1-2H3,(H,15,16). The van der Waals surface area contributed by atoms with Crippen LogP contribution in [0.2, 0.25) is 15.1 Å². The second kappa shape index (κ2) is 6.01. The second-order valence-electron chi connectivity index (χ2n) is 3.15. The van der Waals surface area contributed by atoms with E-state index in [4.69, 9.17) is 51.1 Å². The monoisotopic (exact) mass is 315 g/mol. The molecule has 0 heterocycles. The summed E-state index contributed by atoms with van der Waals surface area (Å²) in [5.41, 5.74) is 1.03. The Morgan fingerprint density at radius 3 is 2.29 bits per heavy atom. The molecule has 3 nitrogen and oxygen atoms in total. The Hall–Kier alpha value is -0.350. The first-order valence-corrected chi connectivity index (χ1v) is 6.22. The summed E-state index contributed by atoms with van der Waals surface area (Å²) in [7, 11) is 1.43. The Balaban J connectivity index is 3.37. The summed E-state index contributed by atoms with van der Waals surface area (Å²) in [5.74, 6) is 0.258. The van der Waals surface area contributed by atoms with Gasteiger partial charge in [0.15, 0.2) is 5.75 Å². The van der Waals surface area contributed by atoms with Gasteiger partial charge in [-0.25, -0.2) is 4.79 Å². The fourth-order valence-electron chi connectivity index (χ4n) is 1.20. The number of hydrogen-bond donors (Lipinski definition) is 1. The van der Waals surface area contributed by atoms with Crippen LogP contribution in [0.1, 0.15) is 11.1 Å². The van der Waals surface area contributed by atoms with Gasteiger partial charge in [-0.3, -0.25) is 0 Å². The van der Waals surface area contributed by atoms with Crippen molar-refractivity contribution < 1.29 is 9.53 Å². The van der Waals surface area contributed by atoms with Crippen LogP contribution in [0, 0.1) is 6.92 Å². The van der Waals surface area contributed by atoms with Crippen molar-refractivity contribution in [3.05, 3.63) is 26.2 Å². The quantitative estimate of drug-likeness (QED) is 0.648. The van der Waals surface area contributed by atoms with Crippen LogP contribution in [0.15, 0.2) is 0 Å². The van der Waals surface area contributed by atoms with Gasteiger partial charge in [0, 0.05) is 18.2 Å². The van der Waals surface area contributed by atoms with E-state index in [1.807, 2.05) is 0 Å². The van der Waals surface area contributed by atoms with E-state index >= 15 is 0 Å². The number of benzene rings is 1. The van der Waals surface area contributed by atoms with Crippen LogP contribution < -0.4 is 10.1 Å². The van der Waals surface area contributed by atoms with Gasteiger partial charge in [-0.05, 0) is 6.92 Å². The molecule has 17 heavy (non-hydrogen) atoms. The number of hydrogen-bond acceptors (Lipinski definition) is 2. The molecule has 0 bridgehead atoms. The molecule has 0 saturated heterocycles. The molecule has 0 fully saturated rings. The number of amides is 1. The van der Waals surface area contributed by atoms with E-state index in [-0.39, 0.29) is 21.7 Å². The Morgan fingerprint density at radius 1 is 1.24 bits per heavy atom. The van der Waals surface area contributed by atoms with Crippen molar-refractivity contribution in [3.8, 4) is 5.75 Å². The van der Waals surface area contributed by atoms with Crippen molar-refractivity contribution in [1.29, 1.82) is 0 Å². The predicted molar refractivity (Wildman–Crippen MR) is 70.8 cm³/mol. The molecule has 1 N–H and O–H groups in total. The molecule has 0 unspecified atom stereocenters. The van der Waals surface area contributed by atoms with Crippen molar-refractivity contribution in [1.82, 2.24) is 5.32 Å². The van der Waals surface area contributed by atoms with E-state index in [9.17, 15) is 4.79 Å². The van der Waals surface area contributed by atoms with E-state index < -0.39 is 6.09 Å². The van der Waals surface area contributed by atoms with Crippen molar-refractivity contribution in [2.24, 2.45) is 0 Å². The van der Waals surface area contributed by atoms with Crippen LogP contribution in [-0.4, -0.2) is 13.1 Å². The lowest BCUT2D eigenvalue weighted by Gasteiger charge is -2.14. The lowest BCUT2D eigenvalue weighted by atomic mass is 10.1. The molecule has 7 heteroatoms. The fourth-order valence-corrected chi connectivity index (χ4v) is 2.44. The molecule has 0 radical (unpaired) electrons. The maximum atomic E-state index is 11.2. The van der Waals surface area contributed by atoms with Gasteiger partial charge in [-0.1, -0.05) is 34.8 Å². The number of nitrogens with one attached hydrogen (secondary N) is 1. The molecule has 0 spiro atoms. The zero-order valence-electron chi connectivity index (χ0n) is 9.04. The molecule has 1 rings (SSSR count). The number of alkyl halides is 1. The summed E-state index contributed by atoms with van der Waals surface area (Å²) in [5, 5.41) is 2.95. The SMILES string of the molecule is CNC(=O)Oc1c(C)c(Cl)c(CCl)c(Cl)c1Cl.